The van der Waals surface area contributed by atoms with Gasteiger partial charge in [0.2, 0.25) is 0 Å². The summed E-state index contributed by atoms with van der Waals surface area (Å²) in [5.41, 5.74) is -0.383. The zero-order chi connectivity index (χ0) is 13.4. The highest BCUT2D eigenvalue weighted by molar-refractivity contribution is 6.49. The Hall–Kier alpha value is -0.0151. The fourth-order valence-corrected chi connectivity index (χ4v) is 3.08. The predicted molar refractivity (Wildman–Crippen MR) is 76.8 cm³/mol. The molecule has 0 atom stereocenters. The quantitative estimate of drug-likeness (QED) is 0.636. The van der Waals surface area contributed by atoms with Crippen molar-refractivity contribution < 1.29 is 9.31 Å². The van der Waals surface area contributed by atoms with E-state index in [0.717, 1.165) is 0 Å². The van der Waals surface area contributed by atoms with Gasteiger partial charge >= 0.3 is 7.12 Å². The van der Waals surface area contributed by atoms with Crippen LogP contribution in [-0.4, -0.2) is 18.3 Å². The lowest BCUT2D eigenvalue weighted by molar-refractivity contribution is 0.00578. The van der Waals surface area contributed by atoms with Gasteiger partial charge in [-0.25, -0.2) is 0 Å². The summed E-state index contributed by atoms with van der Waals surface area (Å²) in [6, 6.07) is 0. The fourth-order valence-electron chi connectivity index (χ4n) is 3.08. The van der Waals surface area contributed by atoms with Crippen molar-refractivity contribution in [3.63, 3.8) is 0 Å². The smallest absolute Gasteiger partial charge is 0.403 e. The van der Waals surface area contributed by atoms with Crippen molar-refractivity contribution in [2.75, 3.05) is 0 Å². The molecule has 0 bridgehead atoms. The first-order valence-corrected chi connectivity index (χ1v) is 7.63. The highest BCUT2D eigenvalue weighted by Crippen LogP contribution is 2.50. The molecule has 1 heterocycles. The van der Waals surface area contributed by atoms with E-state index in [2.05, 4.69) is 34.6 Å². The molecule has 2 fully saturated rings. The van der Waals surface area contributed by atoms with Crippen LogP contribution in [0.4, 0.5) is 0 Å². The van der Waals surface area contributed by atoms with Crippen LogP contribution in [-0.2, 0) is 9.31 Å². The van der Waals surface area contributed by atoms with Crippen LogP contribution in [0.15, 0.2) is 0 Å². The highest BCUT2D eigenvalue weighted by Gasteiger charge is 2.57. The van der Waals surface area contributed by atoms with Gasteiger partial charge in [-0.15, -0.1) is 0 Å². The Morgan fingerprint density at radius 2 is 1.06 bits per heavy atom. The van der Waals surface area contributed by atoms with Crippen molar-refractivity contribution in [3.8, 4) is 0 Å². The van der Waals surface area contributed by atoms with Crippen LogP contribution in [0.2, 0.25) is 5.31 Å². The molecule has 1 aliphatic heterocycles. The molecular weight excluding hydrogens is 223 g/mol. The lowest BCUT2D eigenvalue weighted by atomic mass is 9.53. The Bertz CT molecular complexity index is 275. The highest BCUT2D eigenvalue weighted by atomic mass is 16.7. The van der Waals surface area contributed by atoms with E-state index < -0.39 is 0 Å². The summed E-state index contributed by atoms with van der Waals surface area (Å²) in [5, 5.41) is 0.200. The molecule has 0 unspecified atom stereocenters. The summed E-state index contributed by atoms with van der Waals surface area (Å²) in [5.74, 6) is 0. The molecule has 0 spiro atoms. The number of hydrogen-bond donors (Lipinski definition) is 0. The Morgan fingerprint density at radius 3 is 1.50 bits per heavy atom. The van der Waals surface area contributed by atoms with Gasteiger partial charge in [0.25, 0.3) is 0 Å². The maximum atomic E-state index is 6.28. The lowest BCUT2D eigenvalue weighted by Gasteiger charge is -2.33. The zero-order valence-corrected chi connectivity index (χ0v) is 12.8. The van der Waals surface area contributed by atoms with Gasteiger partial charge in [0.05, 0.1) is 11.2 Å². The average molecular weight is 252 g/mol. The minimum Gasteiger partial charge on any atom is -0.403 e. The van der Waals surface area contributed by atoms with E-state index in [1.165, 1.54) is 44.9 Å². The van der Waals surface area contributed by atoms with Gasteiger partial charge in [0.1, 0.15) is 0 Å². The van der Waals surface area contributed by atoms with E-state index in [4.69, 9.17) is 9.31 Å². The molecular formula is C15H29BO2. The molecule has 18 heavy (non-hydrogen) atoms. The van der Waals surface area contributed by atoms with E-state index in [0.29, 0.717) is 0 Å². The van der Waals surface area contributed by atoms with E-state index in [-0.39, 0.29) is 23.6 Å². The SMILES string of the molecule is CC1(B2OC(C)(C)C(C)(C)O2)CCCCCCC1. The van der Waals surface area contributed by atoms with Crippen molar-refractivity contribution in [2.45, 2.75) is 96.1 Å². The van der Waals surface area contributed by atoms with Gasteiger partial charge in [-0.1, -0.05) is 39.0 Å². The minimum atomic E-state index is -0.191. The zero-order valence-electron chi connectivity index (χ0n) is 12.8. The summed E-state index contributed by atoms with van der Waals surface area (Å²) in [6.07, 6.45) is 9.26. The average Bonchev–Trinajstić information content (AvgIpc) is 2.43. The molecule has 104 valence electrons. The largest absolute Gasteiger partial charge is 0.464 e. The molecule has 1 saturated carbocycles. The second-order valence-corrected chi connectivity index (χ2v) is 7.51. The third kappa shape index (κ3) is 2.62. The monoisotopic (exact) mass is 252 g/mol. The second kappa shape index (κ2) is 4.83. The molecule has 0 N–H and O–H groups in total. The normalized spacial score (nSPS) is 30.8. The van der Waals surface area contributed by atoms with Crippen LogP contribution in [0.1, 0.15) is 79.6 Å². The van der Waals surface area contributed by atoms with E-state index >= 15 is 0 Å². The Labute approximate surface area is 113 Å². The van der Waals surface area contributed by atoms with Crippen molar-refractivity contribution in [2.24, 2.45) is 0 Å². The molecule has 1 aliphatic carbocycles. The third-order valence-electron chi connectivity index (χ3n) is 5.32. The van der Waals surface area contributed by atoms with Crippen molar-refractivity contribution in [1.29, 1.82) is 0 Å². The van der Waals surface area contributed by atoms with Gasteiger partial charge in [0, 0.05) is 5.31 Å². The molecule has 1 saturated heterocycles. The molecule has 0 aromatic carbocycles. The first-order valence-electron chi connectivity index (χ1n) is 7.63. The predicted octanol–water partition coefficient (Wildman–Crippen LogP) is 4.58. The Kier molecular flexibility index (Phi) is 3.86. The summed E-state index contributed by atoms with van der Waals surface area (Å²) >= 11 is 0. The maximum Gasteiger partial charge on any atom is 0.464 e. The van der Waals surface area contributed by atoms with E-state index in [1.54, 1.807) is 0 Å². The summed E-state index contributed by atoms with van der Waals surface area (Å²) in [7, 11) is -0.0272. The van der Waals surface area contributed by atoms with Crippen LogP contribution < -0.4 is 0 Å². The molecule has 2 aliphatic rings. The molecule has 2 rings (SSSR count). The standard InChI is InChI=1S/C15H29BO2/c1-13(2)14(3,4)18-16(17-13)15(5)11-9-7-6-8-10-12-15/h6-12H2,1-5H3. The summed E-state index contributed by atoms with van der Waals surface area (Å²) in [6.45, 7) is 11.0. The Morgan fingerprint density at radius 1 is 0.667 bits per heavy atom. The molecule has 0 radical (unpaired) electrons. The Balaban J connectivity index is 2.10. The fraction of sp³-hybridized carbons (Fsp3) is 1.00. The summed E-state index contributed by atoms with van der Waals surface area (Å²) < 4.78 is 12.6. The van der Waals surface area contributed by atoms with Crippen LogP contribution in [0.25, 0.3) is 0 Å². The van der Waals surface area contributed by atoms with Crippen LogP contribution >= 0.6 is 0 Å². The van der Waals surface area contributed by atoms with Gasteiger partial charge in [-0.05, 0) is 40.5 Å². The van der Waals surface area contributed by atoms with Crippen molar-refractivity contribution in [1.82, 2.24) is 0 Å². The molecule has 0 aromatic heterocycles. The molecule has 0 amide bonds. The lowest BCUT2D eigenvalue weighted by Crippen LogP contribution is -2.41. The van der Waals surface area contributed by atoms with Crippen LogP contribution in [0.5, 0.6) is 0 Å². The number of hydrogen-bond acceptors (Lipinski definition) is 2. The van der Waals surface area contributed by atoms with E-state index in [9.17, 15) is 0 Å². The first-order chi connectivity index (χ1) is 8.27. The van der Waals surface area contributed by atoms with Crippen LogP contribution in [0, 0.1) is 0 Å². The van der Waals surface area contributed by atoms with Crippen LogP contribution in [0.3, 0.4) is 0 Å². The molecule has 3 heteroatoms. The molecule has 0 aromatic rings. The maximum absolute atomic E-state index is 6.28. The number of rotatable bonds is 1. The van der Waals surface area contributed by atoms with E-state index in [1.807, 2.05) is 0 Å². The summed E-state index contributed by atoms with van der Waals surface area (Å²) in [4.78, 5) is 0. The van der Waals surface area contributed by atoms with Gasteiger partial charge < -0.3 is 9.31 Å². The topological polar surface area (TPSA) is 18.5 Å². The molecule has 2 nitrogen and oxygen atoms in total. The minimum absolute atomic E-state index is 0.0272. The van der Waals surface area contributed by atoms with Gasteiger partial charge in [-0.3, -0.25) is 0 Å². The first kappa shape index (κ1) is 14.4. The second-order valence-electron chi connectivity index (χ2n) is 7.51. The van der Waals surface area contributed by atoms with Gasteiger partial charge in [-0.2, -0.15) is 0 Å². The van der Waals surface area contributed by atoms with Gasteiger partial charge in [0.15, 0.2) is 0 Å². The third-order valence-corrected chi connectivity index (χ3v) is 5.32. The van der Waals surface area contributed by atoms with Crippen molar-refractivity contribution >= 4 is 7.12 Å². The van der Waals surface area contributed by atoms with Crippen molar-refractivity contribution in [3.05, 3.63) is 0 Å².